The third kappa shape index (κ3) is 3.92. The van der Waals surface area contributed by atoms with Crippen molar-refractivity contribution < 1.29 is 0 Å². The molecule has 0 bridgehead atoms. The molecule has 1 N–H and O–H groups in total. The first-order valence-corrected chi connectivity index (χ1v) is 9.01. The Balaban J connectivity index is 2.05. The zero-order valence-electron chi connectivity index (χ0n) is 12.3. The fourth-order valence-electron chi connectivity index (χ4n) is 3.03. The predicted molar refractivity (Wildman–Crippen MR) is 84.0 cm³/mol. The molecule has 0 radical (unpaired) electrons. The summed E-state index contributed by atoms with van der Waals surface area (Å²) in [5, 5.41) is 4.31. The number of nitrogens with zero attached hydrogens (tertiary/aromatic N) is 2. The SMILES string of the molecule is CCNC1CC(C)CC(C)C1Sc1nc(CC)ns1. The van der Waals surface area contributed by atoms with Crippen LogP contribution < -0.4 is 5.32 Å². The highest BCUT2D eigenvalue weighted by atomic mass is 32.2. The summed E-state index contributed by atoms with van der Waals surface area (Å²) in [6.07, 6.45) is 3.55. The number of aryl methyl sites for hydroxylation is 1. The maximum atomic E-state index is 4.61. The topological polar surface area (TPSA) is 37.8 Å². The normalized spacial score (nSPS) is 31.6. The first-order valence-electron chi connectivity index (χ1n) is 7.36. The van der Waals surface area contributed by atoms with Gasteiger partial charge in [0.25, 0.3) is 0 Å². The Morgan fingerprint density at radius 1 is 1.32 bits per heavy atom. The Kier molecular flexibility index (Phi) is 5.66. The molecule has 1 fully saturated rings. The fraction of sp³-hybridized carbons (Fsp3) is 0.857. The molecule has 1 aliphatic carbocycles. The lowest BCUT2D eigenvalue weighted by molar-refractivity contribution is 0.251. The van der Waals surface area contributed by atoms with Crippen molar-refractivity contribution in [1.29, 1.82) is 0 Å². The number of hydrogen-bond acceptors (Lipinski definition) is 5. The summed E-state index contributed by atoms with van der Waals surface area (Å²) < 4.78 is 5.55. The van der Waals surface area contributed by atoms with E-state index in [1.165, 1.54) is 12.8 Å². The second-order valence-corrected chi connectivity index (χ2v) is 7.81. The summed E-state index contributed by atoms with van der Waals surface area (Å²) in [6, 6.07) is 0.614. The maximum absolute atomic E-state index is 4.61. The molecular weight excluding hydrogens is 274 g/mol. The Hall–Kier alpha value is -0.130. The van der Waals surface area contributed by atoms with Crippen LogP contribution >= 0.6 is 23.3 Å². The van der Waals surface area contributed by atoms with E-state index in [4.69, 9.17) is 0 Å². The number of nitrogens with one attached hydrogen (secondary N) is 1. The van der Waals surface area contributed by atoms with Gasteiger partial charge in [0.05, 0.1) is 0 Å². The van der Waals surface area contributed by atoms with Crippen molar-refractivity contribution >= 4 is 23.3 Å². The molecule has 2 rings (SSSR count). The molecule has 5 heteroatoms. The molecule has 1 saturated carbocycles. The zero-order valence-corrected chi connectivity index (χ0v) is 14.0. The van der Waals surface area contributed by atoms with E-state index >= 15 is 0 Å². The van der Waals surface area contributed by atoms with Crippen molar-refractivity contribution in [3.63, 3.8) is 0 Å². The van der Waals surface area contributed by atoms with Gasteiger partial charge in [0.15, 0.2) is 4.34 Å². The van der Waals surface area contributed by atoms with Gasteiger partial charge in [-0.05, 0) is 42.8 Å². The quantitative estimate of drug-likeness (QED) is 0.901. The van der Waals surface area contributed by atoms with E-state index < -0.39 is 0 Å². The van der Waals surface area contributed by atoms with Crippen LogP contribution in [0.4, 0.5) is 0 Å². The fourth-order valence-corrected chi connectivity index (χ4v) is 5.26. The zero-order chi connectivity index (χ0) is 13.8. The molecule has 1 aliphatic rings. The minimum atomic E-state index is 0.614. The average Bonchev–Trinajstić information content (AvgIpc) is 2.81. The van der Waals surface area contributed by atoms with Gasteiger partial charge < -0.3 is 5.32 Å². The van der Waals surface area contributed by atoms with Crippen LogP contribution in [-0.4, -0.2) is 27.2 Å². The number of rotatable bonds is 5. The van der Waals surface area contributed by atoms with Crippen LogP contribution in [-0.2, 0) is 6.42 Å². The molecule has 0 saturated heterocycles. The van der Waals surface area contributed by atoms with Crippen molar-refractivity contribution in [3.05, 3.63) is 5.82 Å². The lowest BCUT2D eigenvalue weighted by atomic mass is 9.80. The first kappa shape index (κ1) is 15.3. The van der Waals surface area contributed by atoms with E-state index in [0.29, 0.717) is 11.3 Å². The standard InChI is InChI=1S/C14H25N3S2/c1-5-12-16-14(19-17-12)18-13-10(4)7-9(3)8-11(13)15-6-2/h9-11,13,15H,5-8H2,1-4H3. The highest BCUT2D eigenvalue weighted by Crippen LogP contribution is 2.40. The number of aromatic nitrogens is 2. The molecule has 108 valence electrons. The van der Waals surface area contributed by atoms with Crippen molar-refractivity contribution in [1.82, 2.24) is 14.7 Å². The lowest BCUT2D eigenvalue weighted by Gasteiger charge is -2.39. The number of thioether (sulfide) groups is 1. The van der Waals surface area contributed by atoms with E-state index in [0.717, 1.165) is 35.0 Å². The van der Waals surface area contributed by atoms with Gasteiger partial charge in [-0.15, -0.1) is 0 Å². The number of hydrogen-bond donors (Lipinski definition) is 1. The molecule has 1 aromatic heterocycles. The van der Waals surface area contributed by atoms with Crippen LogP contribution in [0.3, 0.4) is 0 Å². The minimum Gasteiger partial charge on any atom is -0.313 e. The molecule has 3 nitrogen and oxygen atoms in total. The Bertz CT molecular complexity index is 394. The lowest BCUT2D eigenvalue weighted by Crippen LogP contribution is -2.46. The van der Waals surface area contributed by atoms with Gasteiger partial charge in [-0.1, -0.05) is 39.5 Å². The summed E-state index contributed by atoms with van der Waals surface area (Å²) in [4.78, 5) is 4.61. The smallest absolute Gasteiger partial charge is 0.170 e. The molecule has 0 spiro atoms. The molecule has 0 amide bonds. The van der Waals surface area contributed by atoms with Crippen molar-refractivity contribution in [2.75, 3.05) is 6.54 Å². The molecule has 4 atom stereocenters. The summed E-state index contributed by atoms with van der Waals surface area (Å²) in [6.45, 7) is 10.1. The van der Waals surface area contributed by atoms with Crippen LogP contribution in [0.2, 0.25) is 0 Å². The highest BCUT2D eigenvalue weighted by molar-refractivity contribution is 8.01. The van der Waals surface area contributed by atoms with E-state index in [-0.39, 0.29) is 0 Å². The summed E-state index contributed by atoms with van der Waals surface area (Å²) in [5.74, 6) is 2.56. The van der Waals surface area contributed by atoms with Gasteiger partial charge in [-0.25, -0.2) is 4.98 Å². The third-order valence-electron chi connectivity index (χ3n) is 3.86. The third-order valence-corrected chi connectivity index (χ3v) is 6.28. The van der Waals surface area contributed by atoms with E-state index in [2.05, 4.69) is 42.4 Å². The van der Waals surface area contributed by atoms with Crippen LogP contribution in [0, 0.1) is 11.8 Å². The van der Waals surface area contributed by atoms with E-state index in [9.17, 15) is 0 Å². The molecule has 1 heterocycles. The molecule has 0 aliphatic heterocycles. The second kappa shape index (κ2) is 7.04. The van der Waals surface area contributed by atoms with Crippen LogP contribution in [0.25, 0.3) is 0 Å². The van der Waals surface area contributed by atoms with Crippen molar-refractivity contribution in [2.45, 2.75) is 62.6 Å². The van der Waals surface area contributed by atoms with Crippen molar-refractivity contribution in [2.24, 2.45) is 11.8 Å². The van der Waals surface area contributed by atoms with Gasteiger partial charge >= 0.3 is 0 Å². The van der Waals surface area contributed by atoms with E-state index in [1.54, 1.807) is 11.5 Å². The van der Waals surface area contributed by atoms with Crippen LogP contribution in [0.1, 0.15) is 46.4 Å². The van der Waals surface area contributed by atoms with Gasteiger partial charge in [-0.2, -0.15) is 4.37 Å². The molecule has 0 aromatic carbocycles. The molecular formula is C14H25N3S2. The Labute approximate surface area is 125 Å². The maximum Gasteiger partial charge on any atom is 0.170 e. The van der Waals surface area contributed by atoms with Crippen LogP contribution in [0.15, 0.2) is 4.34 Å². The highest BCUT2D eigenvalue weighted by Gasteiger charge is 2.34. The largest absolute Gasteiger partial charge is 0.313 e. The molecule has 1 aromatic rings. The minimum absolute atomic E-state index is 0.614. The molecule has 19 heavy (non-hydrogen) atoms. The van der Waals surface area contributed by atoms with Crippen LogP contribution in [0.5, 0.6) is 0 Å². The predicted octanol–water partition coefficient (Wildman–Crippen LogP) is 3.61. The summed E-state index contributed by atoms with van der Waals surface area (Å²) in [5.41, 5.74) is 0. The van der Waals surface area contributed by atoms with Gasteiger partial charge in [0.2, 0.25) is 0 Å². The Morgan fingerprint density at radius 3 is 2.74 bits per heavy atom. The monoisotopic (exact) mass is 299 g/mol. The first-order chi connectivity index (χ1) is 9.13. The molecule has 4 unspecified atom stereocenters. The summed E-state index contributed by atoms with van der Waals surface area (Å²) >= 11 is 3.51. The van der Waals surface area contributed by atoms with E-state index in [1.807, 2.05) is 11.8 Å². The summed E-state index contributed by atoms with van der Waals surface area (Å²) in [7, 11) is 0. The van der Waals surface area contributed by atoms with Gasteiger partial charge in [0, 0.05) is 17.7 Å². The average molecular weight is 300 g/mol. The van der Waals surface area contributed by atoms with Gasteiger partial charge in [-0.3, -0.25) is 0 Å². The Morgan fingerprint density at radius 2 is 2.11 bits per heavy atom. The van der Waals surface area contributed by atoms with Crippen molar-refractivity contribution in [3.8, 4) is 0 Å². The second-order valence-electron chi connectivity index (χ2n) is 5.63. The van der Waals surface area contributed by atoms with Gasteiger partial charge in [0.1, 0.15) is 5.82 Å².